The molecule has 0 atom stereocenters. The number of hydrogen-bond donors (Lipinski definition) is 3. The fourth-order valence-electron chi connectivity index (χ4n) is 0.324. The average Bonchev–Trinajstić information content (AvgIpc) is 1.80. The summed E-state index contributed by atoms with van der Waals surface area (Å²) in [6, 6.07) is 0. The van der Waals surface area contributed by atoms with E-state index in [4.69, 9.17) is 17.0 Å². The van der Waals surface area contributed by atoms with Crippen LogP contribution in [0.5, 0.6) is 0 Å². The van der Waals surface area contributed by atoms with E-state index in [1.807, 2.05) is 0 Å². The van der Waals surface area contributed by atoms with Gasteiger partial charge in [-0.2, -0.15) is 0 Å². The Kier molecular flexibility index (Phi) is 5.70. The first kappa shape index (κ1) is 8.74. The molecule has 5 N–H and O–H groups in total. The molecule has 0 aliphatic rings. The molecule has 0 fully saturated rings. The van der Waals surface area contributed by atoms with Gasteiger partial charge in [0, 0.05) is 5.75 Å². The summed E-state index contributed by atoms with van der Waals surface area (Å²) in [7, 11) is 0. The van der Waals surface area contributed by atoms with Crippen molar-refractivity contribution in [2.45, 2.75) is 6.42 Å². The Morgan fingerprint density at radius 3 is 2.78 bits per heavy atom. The quantitative estimate of drug-likeness (QED) is 0.225. The molecule has 0 rings (SSSR count). The molecule has 0 bridgehead atoms. The van der Waals surface area contributed by atoms with Gasteiger partial charge in [-0.1, -0.05) is 11.8 Å². The van der Waals surface area contributed by atoms with E-state index in [-0.39, 0.29) is 5.17 Å². The summed E-state index contributed by atoms with van der Waals surface area (Å²) in [4.78, 5) is 4.30. The van der Waals surface area contributed by atoms with Crippen LogP contribution in [0, 0.1) is 5.41 Å². The van der Waals surface area contributed by atoms with Crippen molar-refractivity contribution < 1.29 is 4.84 Å². The molecule has 9 heavy (non-hydrogen) atoms. The standard InChI is InChI=1S/C4H11N3OS/c5-4(6)9-3-1-2-8-7/h1-3,7H2,(H3,5,6). The lowest BCUT2D eigenvalue weighted by Gasteiger charge is -1.96. The van der Waals surface area contributed by atoms with E-state index in [0.717, 1.165) is 12.2 Å². The van der Waals surface area contributed by atoms with Crippen LogP contribution in [0.1, 0.15) is 6.42 Å². The summed E-state index contributed by atoms with van der Waals surface area (Å²) in [5.41, 5.74) is 5.05. The van der Waals surface area contributed by atoms with Crippen molar-refractivity contribution in [3.05, 3.63) is 0 Å². The molecular weight excluding hydrogens is 138 g/mol. The summed E-state index contributed by atoms with van der Waals surface area (Å²) in [5.74, 6) is 5.55. The van der Waals surface area contributed by atoms with Crippen LogP contribution in [0.3, 0.4) is 0 Å². The van der Waals surface area contributed by atoms with Crippen LogP contribution in [-0.4, -0.2) is 17.5 Å². The molecule has 0 saturated carbocycles. The Bertz CT molecular complexity index is 87.9. The van der Waals surface area contributed by atoms with Crippen molar-refractivity contribution in [3.8, 4) is 0 Å². The van der Waals surface area contributed by atoms with Gasteiger partial charge in [0.25, 0.3) is 0 Å². The zero-order valence-electron chi connectivity index (χ0n) is 5.09. The molecule has 0 aliphatic heterocycles. The molecule has 0 spiro atoms. The number of thioether (sulfide) groups is 1. The van der Waals surface area contributed by atoms with Crippen LogP contribution in [0.25, 0.3) is 0 Å². The van der Waals surface area contributed by atoms with Crippen LogP contribution in [-0.2, 0) is 4.84 Å². The number of rotatable bonds is 4. The van der Waals surface area contributed by atoms with E-state index >= 15 is 0 Å². The maximum Gasteiger partial charge on any atom is 0.151 e. The van der Waals surface area contributed by atoms with Crippen LogP contribution in [0.15, 0.2) is 0 Å². The minimum Gasteiger partial charge on any atom is -0.379 e. The first-order valence-electron chi connectivity index (χ1n) is 2.56. The molecule has 0 heterocycles. The summed E-state index contributed by atoms with van der Waals surface area (Å²) in [5, 5.41) is 6.94. The lowest BCUT2D eigenvalue weighted by Crippen LogP contribution is -2.07. The van der Waals surface area contributed by atoms with Gasteiger partial charge >= 0.3 is 0 Å². The second kappa shape index (κ2) is 5.87. The van der Waals surface area contributed by atoms with Crippen molar-refractivity contribution in [2.24, 2.45) is 11.6 Å². The molecule has 0 unspecified atom stereocenters. The van der Waals surface area contributed by atoms with E-state index in [9.17, 15) is 0 Å². The monoisotopic (exact) mass is 149 g/mol. The van der Waals surface area contributed by atoms with Crippen LogP contribution >= 0.6 is 11.8 Å². The summed E-state index contributed by atoms with van der Waals surface area (Å²) >= 11 is 1.30. The fourth-order valence-corrected chi connectivity index (χ4v) is 0.806. The Hall–Kier alpha value is -0.260. The highest BCUT2D eigenvalue weighted by molar-refractivity contribution is 8.13. The van der Waals surface area contributed by atoms with Crippen molar-refractivity contribution in [1.82, 2.24) is 0 Å². The van der Waals surface area contributed by atoms with Crippen LogP contribution < -0.4 is 11.6 Å². The SMILES string of the molecule is N=C(N)SCCCON. The van der Waals surface area contributed by atoms with Crippen molar-refractivity contribution in [2.75, 3.05) is 12.4 Å². The molecule has 0 aromatic rings. The van der Waals surface area contributed by atoms with Crippen LogP contribution in [0.4, 0.5) is 0 Å². The van der Waals surface area contributed by atoms with Gasteiger partial charge in [-0.3, -0.25) is 5.41 Å². The van der Waals surface area contributed by atoms with Crippen molar-refractivity contribution in [1.29, 1.82) is 5.41 Å². The highest BCUT2D eigenvalue weighted by Crippen LogP contribution is 1.99. The van der Waals surface area contributed by atoms with E-state index in [0.29, 0.717) is 6.61 Å². The van der Waals surface area contributed by atoms with Crippen molar-refractivity contribution >= 4 is 16.9 Å². The van der Waals surface area contributed by atoms with Gasteiger partial charge in [-0.05, 0) is 6.42 Å². The van der Waals surface area contributed by atoms with E-state index < -0.39 is 0 Å². The molecule has 0 aliphatic carbocycles. The molecule has 0 aromatic heterocycles. The van der Waals surface area contributed by atoms with E-state index in [1.165, 1.54) is 11.8 Å². The molecular formula is C4H11N3OS. The Labute approximate surface area is 58.4 Å². The zero-order chi connectivity index (χ0) is 7.11. The minimum absolute atomic E-state index is 0.145. The number of amidine groups is 1. The average molecular weight is 149 g/mol. The number of hydrogen-bond acceptors (Lipinski definition) is 4. The lowest BCUT2D eigenvalue weighted by atomic mass is 10.5. The van der Waals surface area contributed by atoms with Crippen LogP contribution in [0.2, 0.25) is 0 Å². The molecule has 0 radical (unpaired) electrons. The third kappa shape index (κ3) is 7.74. The molecule has 0 saturated heterocycles. The second-order valence-electron chi connectivity index (χ2n) is 1.44. The van der Waals surface area contributed by atoms with Gasteiger partial charge in [0.15, 0.2) is 5.17 Å². The normalized spacial score (nSPS) is 9.44. The second-order valence-corrected chi connectivity index (χ2v) is 2.57. The van der Waals surface area contributed by atoms with Gasteiger partial charge in [0.05, 0.1) is 6.61 Å². The predicted molar refractivity (Wildman–Crippen MR) is 39.1 cm³/mol. The van der Waals surface area contributed by atoms with Gasteiger partial charge in [-0.15, -0.1) is 0 Å². The first-order chi connectivity index (χ1) is 4.27. The summed E-state index contributed by atoms with van der Waals surface area (Å²) < 4.78 is 0. The topological polar surface area (TPSA) is 85.1 Å². The fraction of sp³-hybridized carbons (Fsp3) is 0.750. The number of nitrogens with two attached hydrogens (primary N) is 2. The Morgan fingerprint density at radius 2 is 2.33 bits per heavy atom. The van der Waals surface area contributed by atoms with Gasteiger partial charge in [0.1, 0.15) is 0 Å². The maximum absolute atomic E-state index is 6.80. The predicted octanol–water partition coefficient (Wildman–Crippen LogP) is -0.107. The van der Waals surface area contributed by atoms with Crippen molar-refractivity contribution in [3.63, 3.8) is 0 Å². The van der Waals surface area contributed by atoms with E-state index in [2.05, 4.69) is 4.84 Å². The highest BCUT2D eigenvalue weighted by Gasteiger charge is 1.89. The Morgan fingerprint density at radius 1 is 1.67 bits per heavy atom. The molecule has 0 aromatic carbocycles. The largest absolute Gasteiger partial charge is 0.379 e. The number of nitrogens with one attached hydrogen (secondary N) is 1. The molecule has 54 valence electrons. The van der Waals surface area contributed by atoms with Gasteiger partial charge < -0.3 is 10.6 Å². The Balaban J connectivity index is 2.83. The van der Waals surface area contributed by atoms with Gasteiger partial charge in [-0.25, -0.2) is 5.90 Å². The third-order valence-corrected chi connectivity index (χ3v) is 1.47. The maximum atomic E-state index is 6.80. The zero-order valence-corrected chi connectivity index (χ0v) is 5.91. The summed E-state index contributed by atoms with van der Waals surface area (Å²) in [6.07, 6.45) is 0.834. The molecule has 5 heteroatoms. The smallest absolute Gasteiger partial charge is 0.151 e. The minimum atomic E-state index is 0.145. The van der Waals surface area contributed by atoms with E-state index in [1.54, 1.807) is 0 Å². The van der Waals surface area contributed by atoms with Gasteiger partial charge in [0.2, 0.25) is 0 Å². The molecule has 0 amide bonds. The summed E-state index contributed by atoms with van der Waals surface area (Å²) in [6.45, 7) is 0.528. The molecule has 4 nitrogen and oxygen atoms in total. The highest BCUT2D eigenvalue weighted by atomic mass is 32.2. The first-order valence-corrected chi connectivity index (χ1v) is 3.54. The lowest BCUT2D eigenvalue weighted by molar-refractivity contribution is 0.139. The third-order valence-electron chi connectivity index (χ3n) is 0.664.